The van der Waals surface area contributed by atoms with Crippen molar-refractivity contribution in [3.05, 3.63) is 11.6 Å². The number of esters is 1. The quantitative estimate of drug-likeness (QED) is 0.674. The van der Waals surface area contributed by atoms with Crippen molar-refractivity contribution in [2.75, 3.05) is 0 Å². The van der Waals surface area contributed by atoms with E-state index in [4.69, 9.17) is 4.74 Å². The third kappa shape index (κ3) is 2.44. The van der Waals surface area contributed by atoms with E-state index < -0.39 is 5.60 Å². The molecule has 0 amide bonds. The van der Waals surface area contributed by atoms with Crippen LogP contribution in [0.15, 0.2) is 11.6 Å². The number of hydrogen-bond donors (Lipinski definition) is 0. The average molecular weight is 373 g/mol. The first-order valence-electron chi connectivity index (χ1n) is 10.6. The summed E-state index contributed by atoms with van der Waals surface area (Å²) in [6.45, 7) is 7.58. The van der Waals surface area contributed by atoms with Crippen LogP contribution < -0.4 is 0 Å². The molecule has 0 aromatic carbocycles. The second-order valence-electron chi connectivity index (χ2n) is 9.94. The van der Waals surface area contributed by atoms with Gasteiger partial charge in [0.25, 0.3) is 0 Å². The van der Waals surface area contributed by atoms with Crippen LogP contribution in [0, 0.1) is 28.6 Å². The van der Waals surface area contributed by atoms with E-state index in [1.165, 1.54) is 12.5 Å². The Morgan fingerprint density at radius 3 is 2.37 bits per heavy atom. The minimum atomic E-state index is -0.950. The van der Waals surface area contributed by atoms with Gasteiger partial charge in [0.2, 0.25) is 0 Å². The molecular weight excluding hydrogens is 340 g/mol. The molecule has 0 heterocycles. The van der Waals surface area contributed by atoms with Crippen LogP contribution in [0.5, 0.6) is 0 Å². The Kier molecular flexibility index (Phi) is 4.21. The van der Waals surface area contributed by atoms with Gasteiger partial charge in [-0.2, -0.15) is 0 Å². The summed E-state index contributed by atoms with van der Waals surface area (Å²) in [6.07, 6.45) is 9.23. The average Bonchev–Trinajstić information content (AvgIpc) is 2.89. The van der Waals surface area contributed by atoms with Crippen molar-refractivity contribution in [1.29, 1.82) is 0 Å². The molecule has 4 aliphatic rings. The molecule has 4 nitrogen and oxygen atoms in total. The summed E-state index contributed by atoms with van der Waals surface area (Å²) >= 11 is 0. The molecule has 4 rings (SSSR count). The standard InChI is InChI=1S/C23H32O4/c1-14(24)23(27-15(2)25)12-9-20-18-6-5-16-13-17(26)7-10-21(16,3)19(18)8-11-22(20,23)4/h13,18-20H,5-12H2,1-4H3/t18?,19-,20-,21?,22?,23-/m0/s1. The van der Waals surface area contributed by atoms with Gasteiger partial charge in [0, 0.05) is 18.8 Å². The number of carbonyl (C=O) groups is 3. The van der Waals surface area contributed by atoms with Crippen LogP contribution in [0.2, 0.25) is 0 Å². The molecule has 3 unspecified atom stereocenters. The molecule has 27 heavy (non-hydrogen) atoms. The number of hydrogen-bond acceptors (Lipinski definition) is 4. The second-order valence-corrected chi connectivity index (χ2v) is 9.94. The van der Waals surface area contributed by atoms with E-state index in [0.717, 1.165) is 38.5 Å². The lowest BCUT2D eigenvalue weighted by Gasteiger charge is -2.59. The summed E-state index contributed by atoms with van der Waals surface area (Å²) in [4.78, 5) is 36.5. The molecule has 4 aliphatic carbocycles. The number of ether oxygens (including phenoxy) is 1. The van der Waals surface area contributed by atoms with Crippen LogP contribution in [0.1, 0.15) is 79.1 Å². The zero-order valence-electron chi connectivity index (χ0n) is 17.1. The first-order valence-corrected chi connectivity index (χ1v) is 10.6. The number of fused-ring (bicyclic) bond motifs is 5. The SMILES string of the molecule is CC(=O)O[C@]1(C(C)=O)CC[C@H]2C3CCC4=CC(=O)CCC4(C)[C@H]3CCC21C. The van der Waals surface area contributed by atoms with Gasteiger partial charge in [0.1, 0.15) is 0 Å². The van der Waals surface area contributed by atoms with Crippen molar-refractivity contribution >= 4 is 17.5 Å². The lowest BCUT2D eigenvalue weighted by molar-refractivity contribution is -0.187. The number of allylic oxidation sites excluding steroid dienone is 1. The molecule has 0 N–H and O–H groups in total. The van der Waals surface area contributed by atoms with Gasteiger partial charge in [-0.05, 0) is 81.1 Å². The maximum Gasteiger partial charge on any atom is 0.303 e. The minimum Gasteiger partial charge on any atom is -0.451 e. The van der Waals surface area contributed by atoms with Gasteiger partial charge in [-0.25, -0.2) is 0 Å². The van der Waals surface area contributed by atoms with Gasteiger partial charge >= 0.3 is 5.97 Å². The fraction of sp³-hybridized carbons (Fsp3) is 0.783. The molecule has 3 fully saturated rings. The molecule has 6 atom stereocenters. The summed E-state index contributed by atoms with van der Waals surface area (Å²) in [5, 5.41) is 0. The second kappa shape index (κ2) is 6.02. The maximum absolute atomic E-state index is 12.7. The molecule has 4 heteroatoms. The summed E-state index contributed by atoms with van der Waals surface area (Å²) in [6, 6.07) is 0. The van der Waals surface area contributed by atoms with Gasteiger partial charge < -0.3 is 4.74 Å². The van der Waals surface area contributed by atoms with E-state index in [9.17, 15) is 14.4 Å². The van der Waals surface area contributed by atoms with Gasteiger partial charge in [-0.3, -0.25) is 14.4 Å². The zero-order chi connectivity index (χ0) is 19.6. The number of Topliss-reactive ketones (excluding diaryl/α,β-unsaturated/α-hetero) is 1. The Bertz CT molecular complexity index is 737. The topological polar surface area (TPSA) is 60.4 Å². The van der Waals surface area contributed by atoms with E-state index in [2.05, 4.69) is 13.8 Å². The van der Waals surface area contributed by atoms with E-state index in [-0.39, 0.29) is 28.4 Å². The molecule has 0 aromatic rings. The van der Waals surface area contributed by atoms with Crippen molar-refractivity contribution in [2.24, 2.45) is 28.6 Å². The van der Waals surface area contributed by atoms with Crippen LogP contribution >= 0.6 is 0 Å². The molecule has 0 radical (unpaired) electrons. The number of rotatable bonds is 2. The van der Waals surface area contributed by atoms with E-state index in [1.54, 1.807) is 6.92 Å². The summed E-state index contributed by atoms with van der Waals surface area (Å²) in [5.74, 6) is 1.48. The molecule has 0 aromatic heterocycles. The first kappa shape index (κ1) is 18.9. The normalized spacial score (nSPS) is 46.0. The molecule has 0 bridgehead atoms. The van der Waals surface area contributed by atoms with Crippen LogP contribution in [-0.4, -0.2) is 23.1 Å². The van der Waals surface area contributed by atoms with Gasteiger partial charge in [-0.15, -0.1) is 0 Å². The molecule has 0 saturated heterocycles. The minimum absolute atomic E-state index is 0.00650. The highest BCUT2D eigenvalue weighted by Gasteiger charge is 2.67. The zero-order valence-corrected chi connectivity index (χ0v) is 17.1. The van der Waals surface area contributed by atoms with E-state index in [0.29, 0.717) is 30.6 Å². The summed E-state index contributed by atoms with van der Waals surface area (Å²) in [7, 11) is 0. The van der Waals surface area contributed by atoms with Gasteiger partial charge in [-0.1, -0.05) is 19.4 Å². The van der Waals surface area contributed by atoms with Crippen molar-refractivity contribution in [2.45, 2.75) is 84.7 Å². The molecule has 148 valence electrons. The predicted molar refractivity (Wildman–Crippen MR) is 102 cm³/mol. The van der Waals surface area contributed by atoms with Crippen molar-refractivity contribution in [1.82, 2.24) is 0 Å². The fourth-order valence-corrected chi connectivity index (χ4v) is 7.62. The Morgan fingerprint density at radius 2 is 1.70 bits per heavy atom. The molecule has 3 saturated carbocycles. The maximum atomic E-state index is 12.7. The third-order valence-electron chi connectivity index (χ3n) is 8.97. The summed E-state index contributed by atoms with van der Waals surface area (Å²) in [5.41, 5.74) is 0.266. The Balaban J connectivity index is 1.70. The molecule has 0 aliphatic heterocycles. The van der Waals surface area contributed by atoms with Crippen LogP contribution in [0.25, 0.3) is 0 Å². The highest BCUT2D eigenvalue weighted by molar-refractivity contribution is 5.91. The Labute approximate surface area is 162 Å². The van der Waals surface area contributed by atoms with Crippen LogP contribution in [0.4, 0.5) is 0 Å². The lowest BCUT2D eigenvalue weighted by Crippen LogP contribution is -2.58. The smallest absolute Gasteiger partial charge is 0.303 e. The Hall–Kier alpha value is -1.45. The van der Waals surface area contributed by atoms with Crippen LogP contribution in [0.3, 0.4) is 0 Å². The highest BCUT2D eigenvalue weighted by Crippen LogP contribution is 2.68. The van der Waals surface area contributed by atoms with E-state index in [1.807, 2.05) is 6.08 Å². The number of carbonyl (C=O) groups excluding carboxylic acids is 3. The van der Waals surface area contributed by atoms with Gasteiger partial charge in [0.15, 0.2) is 17.2 Å². The van der Waals surface area contributed by atoms with Crippen molar-refractivity contribution < 1.29 is 19.1 Å². The Morgan fingerprint density at radius 1 is 1.00 bits per heavy atom. The highest BCUT2D eigenvalue weighted by atomic mass is 16.6. The number of ketones is 2. The largest absolute Gasteiger partial charge is 0.451 e. The van der Waals surface area contributed by atoms with Crippen LogP contribution in [-0.2, 0) is 19.1 Å². The first-order chi connectivity index (χ1) is 12.6. The molecular formula is C23H32O4. The lowest BCUT2D eigenvalue weighted by atomic mass is 9.46. The van der Waals surface area contributed by atoms with Gasteiger partial charge in [0.05, 0.1) is 0 Å². The monoisotopic (exact) mass is 372 g/mol. The molecule has 0 spiro atoms. The third-order valence-corrected chi connectivity index (χ3v) is 8.97. The summed E-state index contributed by atoms with van der Waals surface area (Å²) < 4.78 is 5.81. The fourth-order valence-electron chi connectivity index (χ4n) is 7.62. The van der Waals surface area contributed by atoms with Crippen molar-refractivity contribution in [3.63, 3.8) is 0 Å². The predicted octanol–water partition coefficient (Wildman–Crippen LogP) is 4.41. The van der Waals surface area contributed by atoms with Crippen molar-refractivity contribution in [3.8, 4) is 0 Å². The van der Waals surface area contributed by atoms with E-state index >= 15 is 0 Å².